The van der Waals surface area contributed by atoms with Gasteiger partial charge in [0.1, 0.15) is 6.04 Å². The molecule has 0 aliphatic heterocycles. The molecule has 0 rings (SSSR count). The van der Waals surface area contributed by atoms with Gasteiger partial charge < -0.3 is 20.9 Å². The average Bonchev–Trinajstić information content (AvgIpc) is 2.25. The largest absolute Gasteiger partial charge is 0.467 e. The van der Waals surface area contributed by atoms with Gasteiger partial charge in [0.15, 0.2) is 0 Å². The van der Waals surface area contributed by atoms with E-state index in [1.165, 1.54) is 14.0 Å². The van der Waals surface area contributed by atoms with Gasteiger partial charge in [-0.3, -0.25) is 4.79 Å². The molecule has 2 atom stereocenters. The molecule has 2 unspecified atom stereocenters. The van der Waals surface area contributed by atoms with Gasteiger partial charge in [0.2, 0.25) is 5.91 Å². The van der Waals surface area contributed by atoms with Crippen molar-refractivity contribution in [1.82, 2.24) is 5.32 Å². The number of ether oxygens (including phenoxy) is 1. The number of unbranched alkanes of at least 4 members (excludes halogenated alkanes) is 1. The number of aliphatic hydroxyl groups excluding tert-OH is 1. The van der Waals surface area contributed by atoms with Crippen LogP contribution in [-0.4, -0.2) is 42.1 Å². The van der Waals surface area contributed by atoms with Crippen molar-refractivity contribution < 1.29 is 19.4 Å². The van der Waals surface area contributed by atoms with Crippen LogP contribution in [0.5, 0.6) is 0 Å². The maximum absolute atomic E-state index is 11.2. The molecule has 4 N–H and O–H groups in total. The standard InChI is InChI=1S/C9H18N2O3.C2H6OS/c1-7(12)11-8(9(13)14-2)5-3-4-6-10;1-2(3)4/h8H,3-6,10H2,1-2H3,(H,11,12);2-4H,1H3. The van der Waals surface area contributed by atoms with Crippen molar-refractivity contribution in [3.05, 3.63) is 0 Å². The van der Waals surface area contributed by atoms with Crippen LogP contribution in [0, 0.1) is 0 Å². The van der Waals surface area contributed by atoms with Gasteiger partial charge in [-0.05, 0) is 32.7 Å². The summed E-state index contributed by atoms with van der Waals surface area (Å²) in [5.74, 6) is -0.634. The van der Waals surface area contributed by atoms with E-state index in [9.17, 15) is 9.59 Å². The van der Waals surface area contributed by atoms with Crippen LogP contribution in [0.1, 0.15) is 33.1 Å². The summed E-state index contributed by atoms with van der Waals surface area (Å²) in [6, 6.07) is -0.538. The fourth-order valence-electron chi connectivity index (χ4n) is 1.13. The third kappa shape index (κ3) is 15.2. The Bertz CT molecular complexity index is 234. The summed E-state index contributed by atoms with van der Waals surface area (Å²) in [7, 11) is 1.31. The van der Waals surface area contributed by atoms with Crippen LogP contribution in [0.2, 0.25) is 0 Å². The fraction of sp³-hybridized carbons (Fsp3) is 0.818. The van der Waals surface area contributed by atoms with Crippen molar-refractivity contribution >= 4 is 24.5 Å². The Morgan fingerprint density at radius 1 is 1.44 bits per heavy atom. The molecule has 0 heterocycles. The Hall–Kier alpha value is -0.790. The number of carbonyl (C=O) groups is 2. The lowest BCUT2D eigenvalue weighted by atomic mass is 10.1. The number of amides is 1. The Kier molecular flexibility index (Phi) is 13.7. The average molecular weight is 280 g/mol. The number of esters is 1. The summed E-state index contributed by atoms with van der Waals surface area (Å²) in [6.45, 7) is 3.55. The maximum Gasteiger partial charge on any atom is 0.328 e. The first-order chi connectivity index (χ1) is 8.34. The maximum atomic E-state index is 11.2. The van der Waals surface area contributed by atoms with Crippen LogP contribution >= 0.6 is 12.6 Å². The highest BCUT2D eigenvalue weighted by Gasteiger charge is 2.18. The predicted molar refractivity (Wildman–Crippen MR) is 73.2 cm³/mol. The molecule has 0 saturated carbocycles. The molecule has 0 aromatic carbocycles. The number of thiol groups is 1. The second-order valence-corrected chi connectivity index (χ2v) is 4.44. The third-order valence-corrected chi connectivity index (χ3v) is 1.81. The normalized spacial score (nSPS) is 12.8. The van der Waals surface area contributed by atoms with E-state index < -0.39 is 17.4 Å². The lowest BCUT2D eigenvalue weighted by molar-refractivity contribution is -0.145. The van der Waals surface area contributed by atoms with Crippen LogP contribution in [0.25, 0.3) is 0 Å². The Morgan fingerprint density at radius 2 is 1.94 bits per heavy atom. The van der Waals surface area contributed by atoms with E-state index in [2.05, 4.69) is 22.7 Å². The van der Waals surface area contributed by atoms with Crippen molar-refractivity contribution in [2.75, 3.05) is 13.7 Å². The van der Waals surface area contributed by atoms with Gasteiger partial charge in [-0.15, -0.1) is 12.6 Å². The number of hydrogen-bond acceptors (Lipinski definition) is 6. The van der Waals surface area contributed by atoms with Gasteiger partial charge in [0.25, 0.3) is 0 Å². The van der Waals surface area contributed by atoms with Crippen LogP contribution < -0.4 is 11.1 Å². The first kappa shape index (κ1) is 19.5. The van der Waals surface area contributed by atoms with Crippen molar-refractivity contribution in [2.24, 2.45) is 5.73 Å². The molecular formula is C11H24N2O4S. The first-order valence-electron chi connectivity index (χ1n) is 5.76. The Labute approximate surface area is 114 Å². The van der Waals surface area contributed by atoms with E-state index >= 15 is 0 Å². The second-order valence-electron chi connectivity index (χ2n) is 3.69. The minimum atomic E-state index is -0.538. The summed E-state index contributed by atoms with van der Waals surface area (Å²) in [6.07, 6.45) is 2.22. The number of aliphatic hydroxyl groups is 1. The summed E-state index contributed by atoms with van der Waals surface area (Å²) in [5.41, 5.74) is 4.85. The molecule has 0 aromatic rings. The van der Waals surface area contributed by atoms with Crippen molar-refractivity contribution in [1.29, 1.82) is 0 Å². The molecule has 0 radical (unpaired) electrons. The van der Waals surface area contributed by atoms with Gasteiger partial charge in [-0.2, -0.15) is 0 Å². The summed E-state index contributed by atoms with van der Waals surface area (Å²) in [5, 5.41) is 10.5. The number of nitrogens with one attached hydrogen (secondary N) is 1. The summed E-state index contributed by atoms with van der Waals surface area (Å²) in [4.78, 5) is 21.9. The monoisotopic (exact) mass is 280 g/mol. The van der Waals surface area contributed by atoms with E-state index in [1.54, 1.807) is 6.92 Å². The zero-order valence-electron chi connectivity index (χ0n) is 11.2. The minimum absolute atomic E-state index is 0.229. The molecule has 108 valence electrons. The number of hydrogen-bond donors (Lipinski definition) is 4. The van der Waals surface area contributed by atoms with Crippen LogP contribution in [-0.2, 0) is 14.3 Å². The lowest BCUT2D eigenvalue weighted by Crippen LogP contribution is -2.40. The Morgan fingerprint density at radius 3 is 2.28 bits per heavy atom. The summed E-state index contributed by atoms with van der Waals surface area (Å²) < 4.78 is 4.56. The molecule has 7 heteroatoms. The fourth-order valence-corrected chi connectivity index (χ4v) is 1.13. The van der Waals surface area contributed by atoms with Crippen LogP contribution in [0.4, 0.5) is 0 Å². The highest BCUT2D eigenvalue weighted by Crippen LogP contribution is 2.02. The number of methoxy groups -OCH3 is 1. The minimum Gasteiger partial charge on any atom is -0.467 e. The number of nitrogens with two attached hydrogens (primary N) is 1. The van der Waals surface area contributed by atoms with Crippen LogP contribution in [0.15, 0.2) is 0 Å². The number of carbonyl (C=O) groups excluding carboxylic acids is 2. The van der Waals surface area contributed by atoms with Gasteiger partial charge >= 0.3 is 5.97 Å². The molecule has 0 aliphatic rings. The van der Waals surface area contributed by atoms with E-state index in [-0.39, 0.29) is 5.91 Å². The third-order valence-electron chi connectivity index (χ3n) is 1.81. The first-order valence-corrected chi connectivity index (χ1v) is 6.27. The van der Waals surface area contributed by atoms with Gasteiger partial charge in [0, 0.05) is 6.92 Å². The molecule has 0 saturated heterocycles. The topological polar surface area (TPSA) is 102 Å². The smallest absolute Gasteiger partial charge is 0.328 e. The van der Waals surface area contributed by atoms with E-state index in [1.807, 2.05) is 0 Å². The molecule has 0 spiro atoms. The highest BCUT2D eigenvalue weighted by atomic mass is 32.1. The molecular weight excluding hydrogens is 256 g/mol. The molecule has 0 fully saturated rings. The molecule has 6 nitrogen and oxygen atoms in total. The van der Waals surface area contributed by atoms with Gasteiger partial charge in [0.05, 0.1) is 12.5 Å². The van der Waals surface area contributed by atoms with Crippen LogP contribution in [0.3, 0.4) is 0 Å². The predicted octanol–water partition coefficient (Wildman–Crippen LogP) is 0.0476. The second kappa shape index (κ2) is 12.7. The molecule has 18 heavy (non-hydrogen) atoms. The SMILES string of the molecule is CC(O)S.COC(=O)C(CCCCN)NC(C)=O. The lowest BCUT2D eigenvalue weighted by Gasteiger charge is -2.14. The van der Waals surface area contributed by atoms with Crippen molar-refractivity contribution in [3.63, 3.8) is 0 Å². The zero-order valence-corrected chi connectivity index (χ0v) is 12.1. The molecule has 0 aromatic heterocycles. The highest BCUT2D eigenvalue weighted by molar-refractivity contribution is 7.80. The Balaban J connectivity index is 0. The quantitative estimate of drug-likeness (QED) is 0.238. The van der Waals surface area contributed by atoms with Crippen molar-refractivity contribution in [2.45, 2.75) is 44.6 Å². The number of rotatable bonds is 6. The molecule has 0 aliphatic carbocycles. The van der Waals surface area contributed by atoms with Gasteiger partial charge in [-0.1, -0.05) is 0 Å². The molecule has 1 amide bonds. The van der Waals surface area contributed by atoms with E-state index in [0.717, 1.165) is 12.8 Å². The molecule has 0 bridgehead atoms. The van der Waals surface area contributed by atoms with Gasteiger partial charge in [-0.25, -0.2) is 4.79 Å². The summed E-state index contributed by atoms with van der Waals surface area (Å²) >= 11 is 3.52. The van der Waals surface area contributed by atoms with E-state index in [0.29, 0.717) is 13.0 Å². The van der Waals surface area contributed by atoms with E-state index in [4.69, 9.17) is 10.8 Å². The zero-order chi connectivity index (χ0) is 14.6. The van der Waals surface area contributed by atoms with Crippen molar-refractivity contribution in [3.8, 4) is 0 Å².